The number of ether oxygens (including phenoxy) is 1. The van der Waals surface area contributed by atoms with Crippen molar-refractivity contribution in [3.8, 4) is 0 Å². The lowest BCUT2D eigenvalue weighted by Crippen LogP contribution is -2.36. The number of pyridine rings is 1. The second-order valence-electron chi connectivity index (χ2n) is 3.76. The smallest absolute Gasteiger partial charge is 0.255 e. The zero-order valence-electron chi connectivity index (χ0n) is 10.5. The normalized spacial score (nSPS) is 11.9. The lowest BCUT2D eigenvalue weighted by atomic mass is 10.2. The van der Waals surface area contributed by atoms with E-state index in [1.165, 1.54) is 0 Å². The Morgan fingerprint density at radius 2 is 2.35 bits per heavy atom. The number of hydrogen-bond donors (Lipinski definition) is 2. The molecular weight excluding hydrogens is 218 g/mol. The van der Waals surface area contributed by atoms with Gasteiger partial charge in [0.25, 0.3) is 5.91 Å². The van der Waals surface area contributed by atoms with Gasteiger partial charge in [0, 0.05) is 25.9 Å². The van der Waals surface area contributed by atoms with Gasteiger partial charge in [-0.2, -0.15) is 0 Å². The Morgan fingerprint density at radius 3 is 3.00 bits per heavy atom. The van der Waals surface area contributed by atoms with Crippen LogP contribution >= 0.6 is 0 Å². The van der Waals surface area contributed by atoms with Crippen molar-refractivity contribution >= 4 is 11.7 Å². The van der Waals surface area contributed by atoms with E-state index < -0.39 is 0 Å². The van der Waals surface area contributed by atoms with Crippen LogP contribution in [0.2, 0.25) is 0 Å². The van der Waals surface area contributed by atoms with E-state index in [9.17, 15) is 4.79 Å². The van der Waals surface area contributed by atoms with Crippen LogP contribution in [0.3, 0.4) is 0 Å². The Hall–Kier alpha value is -1.62. The minimum Gasteiger partial charge on any atom is -0.383 e. The maximum atomic E-state index is 12.0. The molecule has 0 saturated heterocycles. The quantitative estimate of drug-likeness (QED) is 0.782. The van der Waals surface area contributed by atoms with Crippen molar-refractivity contribution < 1.29 is 9.53 Å². The molecule has 94 valence electrons. The Bertz CT molecular complexity index is 369. The molecule has 1 aromatic rings. The number of aromatic nitrogens is 1. The molecule has 1 atom stereocenters. The van der Waals surface area contributed by atoms with Gasteiger partial charge in [0.2, 0.25) is 0 Å². The van der Waals surface area contributed by atoms with E-state index in [2.05, 4.69) is 15.6 Å². The second-order valence-corrected chi connectivity index (χ2v) is 3.76. The van der Waals surface area contributed by atoms with Crippen molar-refractivity contribution in [1.82, 2.24) is 10.3 Å². The van der Waals surface area contributed by atoms with Crippen LogP contribution in [0.25, 0.3) is 0 Å². The van der Waals surface area contributed by atoms with Gasteiger partial charge in [-0.25, -0.2) is 4.98 Å². The Labute approximate surface area is 102 Å². The number of carbonyl (C=O) groups is 1. The first-order chi connectivity index (χ1) is 8.19. The SMILES string of the molecule is CCNc1ncccc1C(=O)NC(C)COC. The van der Waals surface area contributed by atoms with Crippen molar-refractivity contribution in [3.63, 3.8) is 0 Å². The van der Waals surface area contributed by atoms with Crippen LogP contribution in [-0.4, -0.2) is 37.2 Å². The van der Waals surface area contributed by atoms with Crippen molar-refractivity contribution in [2.45, 2.75) is 19.9 Å². The fourth-order valence-corrected chi connectivity index (χ4v) is 1.49. The van der Waals surface area contributed by atoms with Gasteiger partial charge in [0.05, 0.1) is 12.2 Å². The van der Waals surface area contributed by atoms with Crippen LogP contribution in [0, 0.1) is 0 Å². The molecule has 0 aromatic carbocycles. The van der Waals surface area contributed by atoms with Gasteiger partial charge in [0.1, 0.15) is 5.82 Å². The van der Waals surface area contributed by atoms with E-state index in [1.807, 2.05) is 13.8 Å². The molecule has 1 unspecified atom stereocenters. The van der Waals surface area contributed by atoms with Gasteiger partial charge >= 0.3 is 0 Å². The van der Waals surface area contributed by atoms with Crippen molar-refractivity contribution in [2.75, 3.05) is 25.6 Å². The Balaban J connectivity index is 2.74. The summed E-state index contributed by atoms with van der Waals surface area (Å²) in [5.41, 5.74) is 0.553. The Morgan fingerprint density at radius 1 is 1.59 bits per heavy atom. The van der Waals surface area contributed by atoms with Crippen LogP contribution < -0.4 is 10.6 Å². The van der Waals surface area contributed by atoms with E-state index in [-0.39, 0.29) is 11.9 Å². The van der Waals surface area contributed by atoms with Crippen LogP contribution in [-0.2, 0) is 4.74 Å². The highest BCUT2D eigenvalue weighted by atomic mass is 16.5. The first kappa shape index (κ1) is 13.4. The largest absolute Gasteiger partial charge is 0.383 e. The molecule has 0 aliphatic heterocycles. The molecule has 2 N–H and O–H groups in total. The number of amides is 1. The summed E-state index contributed by atoms with van der Waals surface area (Å²) >= 11 is 0. The monoisotopic (exact) mass is 237 g/mol. The van der Waals surface area contributed by atoms with Crippen LogP contribution in [0.1, 0.15) is 24.2 Å². The highest BCUT2D eigenvalue weighted by Gasteiger charge is 2.13. The molecule has 0 spiro atoms. The van der Waals surface area contributed by atoms with E-state index >= 15 is 0 Å². The molecule has 1 heterocycles. The molecule has 0 saturated carbocycles. The summed E-state index contributed by atoms with van der Waals surface area (Å²) in [6.07, 6.45) is 1.66. The maximum absolute atomic E-state index is 12.0. The molecule has 1 rings (SSSR count). The van der Waals surface area contributed by atoms with Crippen molar-refractivity contribution in [2.24, 2.45) is 0 Å². The summed E-state index contributed by atoms with van der Waals surface area (Å²) in [6.45, 7) is 5.07. The van der Waals surface area contributed by atoms with Gasteiger partial charge in [-0.15, -0.1) is 0 Å². The third kappa shape index (κ3) is 4.03. The lowest BCUT2D eigenvalue weighted by molar-refractivity contribution is 0.0906. The van der Waals surface area contributed by atoms with Gasteiger partial charge in [-0.05, 0) is 26.0 Å². The molecule has 0 radical (unpaired) electrons. The second kappa shape index (κ2) is 6.85. The number of nitrogens with one attached hydrogen (secondary N) is 2. The van der Waals surface area contributed by atoms with E-state index in [0.29, 0.717) is 18.0 Å². The fraction of sp³-hybridized carbons (Fsp3) is 0.500. The molecule has 0 aliphatic rings. The molecule has 5 heteroatoms. The average molecular weight is 237 g/mol. The highest BCUT2D eigenvalue weighted by Crippen LogP contribution is 2.10. The predicted octanol–water partition coefficient (Wildman–Crippen LogP) is 1.28. The standard InChI is InChI=1S/C12H19N3O2/c1-4-13-11-10(6-5-7-14-11)12(16)15-9(2)8-17-3/h5-7,9H,4,8H2,1-3H3,(H,13,14)(H,15,16). The first-order valence-electron chi connectivity index (χ1n) is 5.67. The fourth-order valence-electron chi connectivity index (χ4n) is 1.49. The van der Waals surface area contributed by atoms with Crippen LogP contribution in [0.4, 0.5) is 5.82 Å². The minimum absolute atomic E-state index is 0.0258. The predicted molar refractivity (Wildman–Crippen MR) is 67.2 cm³/mol. The molecule has 1 aromatic heterocycles. The first-order valence-corrected chi connectivity index (χ1v) is 5.67. The molecule has 17 heavy (non-hydrogen) atoms. The van der Waals surface area contributed by atoms with Gasteiger partial charge < -0.3 is 15.4 Å². The third-order valence-corrected chi connectivity index (χ3v) is 2.19. The summed E-state index contributed by atoms with van der Waals surface area (Å²) in [7, 11) is 1.61. The molecular formula is C12H19N3O2. The number of hydrogen-bond acceptors (Lipinski definition) is 4. The van der Waals surface area contributed by atoms with Crippen LogP contribution in [0.5, 0.6) is 0 Å². The van der Waals surface area contributed by atoms with Gasteiger partial charge in [-0.1, -0.05) is 0 Å². The summed E-state index contributed by atoms with van der Waals surface area (Å²) in [6, 6.07) is 3.47. The minimum atomic E-state index is -0.140. The van der Waals surface area contributed by atoms with E-state index in [0.717, 1.165) is 6.54 Å². The summed E-state index contributed by atoms with van der Waals surface area (Å²) in [4.78, 5) is 16.1. The molecule has 0 bridgehead atoms. The highest BCUT2D eigenvalue weighted by molar-refractivity contribution is 5.98. The summed E-state index contributed by atoms with van der Waals surface area (Å²) in [5.74, 6) is 0.468. The van der Waals surface area contributed by atoms with Crippen molar-refractivity contribution in [3.05, 3.63) is 23.9 Å². The number of anilines is 1. The maximum Gasteiger partial charge on any atom is 0.255 e. The number of carbonyl (C=O) groups excluding carboxylic acids is 1. The molecule has 0 aliphatic carbocycles. The number of rotatable bonds is 6. The lowest BCUT2D eigenvalue weighted by Gasteiger charge is -2.14. The van der Waals surface area contributed by atoms with Crippen LogP contribution in [0.15, 0.2) is 18.3 Å². The summed E-state index contributed by atoms with van der Waals surface area (Å²) < 4.78 is 4.97. The molecule has 5 nitrogen and oxygen atoms in total. The zero-order valence-corrected chi connectivity index (χ0v) is 10.5. The Kier molecular flexibility index (Phi) is 5.42. The molecule has 1 amide bonds. The topological polar surface area (TPSA) is 63.2 Å². The van der Waals surface area contributed by atoms with E-state index in [4.69, 9.17) is 4.74 Å². The molecule has 0 fully saturated rings. The number of nitrogens with zero attached hydrogens (tertiary/aromatic N) is 1. The third-order valence-electron chi connectivity index (χ3n) is 2.19. The average Bonchev–Trinajstić information content (AvgIpc) is 2.30. The summed E-state index contributed by atoms with van der Waals surface area (Å²) in [5, 5.41) is 5.91. The number of methoxy groups -OCH3 is 1. The van der Waals surface area contributed by atoms with Gasteiger partial charge in [-0.3, -0.25) is 4.79 Å². The van der Waals surface area contributed by atoms with Crippen molar-refractivity contribution in [1.29, 1.82) is 0 Å². The van der Waals surface area contributed by atoms with E-state index in [1.54, 1.807) is 25.4 Å². The van der Waals surface area contributed by atoms with Gasteiger partial charge in [0.15, 0.2) is 0 Å². The zero-order chi connectivity index (χ0) is 12.7.